The summed E-state index contributed by atoms with van der Waals surface area (Å²) in [5, 5.41) is 8.29. The molecule has 46 valence electrons. The highest BCUT2D eigenvalue weighted by Crippen LogP contribution is 2.10. The predicted octanol–water partition coefficient (Wildman–Crippen LogP) is 1.74. The molecule has 0 radical (unpaired) electrons. The minimum absolute atomic E-state index is 0.0208. The van der Waals surface area contributed by atoms with Gasteiger partial charge in [-0.2, -0.15) is 5.26 Å². The third kappa shape index (κ3) is 1.06. The Morgan fingerprint density at radius 2 is 2.56 bits per heavy atom. The van der Waals surface area contributed by atoms with Crippen LogP contribution in [0.15, 0.2) is 18.3 Å². The van der Waals surface area contributed by atoms with E-state index in [1.54, 1.807) is 12.1 Å². The van der Waals surface area contributed by atoms with Crippen molar-refractivity contribution < 1.29 is 3.89 Å². The second-order valence-electron chi connectivity index (χ2n) is 1.40. The molecular weight excluding hydrogens is 139 g/mol. The van der Waals surface area contributed by atoms with Gasteiger partial charge in [0, 0.05) is 6.20 Å². The SMILES string of the molecule is N#Cc1cccn1SF. The predicted molar refractivity (Wildman–Crippen MR) is 33.2 cm³/mol. The second kappa shape index (κ2) is 2.55. The third-order valence-electron chi connectivity index (χ3n) is 0.902. The summed E-state index contributed by atoms with van der Waals surface area (Å²) in [6.07, 6.45) is 1.49. The van der Waals surface area contributed by atoms with Gasteiger partial charge in [-0.25, -0.2) is 0 Å². The Labute approximate surface area is 56.3 Å². The maximum atomic E-state index is 11.7. The van der Waals surface area contributed by atoms with Crippen molar-refractivity contribution in [1.82, 2.24) is 3.97 Å². The van der Waals surface area contributed by atoms with Gasteiger partial charge < -0.3 is 0 Å². The summed E-state index contributed by atoms with van der Waals surface area (Å²) in [5.41, 5.74) is 0.322. The highest BCUT2D eigenvalue weighted by molar-refractivity contribution is 7.92. The number of nitriles is 1. The zero-order valence-electron chi connectivity index (χ0n) is 4.41. The molecule has 1 aromatic heterocycles. The maximum absolute atomic E-state index is 11.7. The molecule has 0 aliphatic carbocycles. The van der Waals surface area contributed by atoms with Crippen molar-refractivity contribution in [2.75, 3.05) is 0 Å². The molecule has 2 nitrogen and oxygen atoms in total. The number of nitrogens with zero attached hydrogens (tertiary/aromatic N) is 2. The summed E-state index contributed by atoms with van der Waals surface area (Å²) in [6.45, 7) is 0. The molecule has 0 amide bonds. The van der Waals surface area contributed by atoms with Crippen LogP contribution in [-0.4, -0.2) is 3.97 Å². The molecule has 1 heterocycles. The Morgan fingerprint density at radius 3 is 3.00 bits per heavy atom. The van der Waals surface area contributed by atoms with E-state index in [4.69, 9.17) is 5.26 Å². The maximum Gasteiger partial charge on any atom is 0.170 e. The average molecular weight is 142 g/mol. The summed E-state index contributed by atoms with van der Waals surface area (Å²) in [6, 6.07) is 4.99. The molecule has 1 aromatic rings. The minimum Gasteiger partial charge on any atom is -0.254 e. The lowest BCUT2D eigenvalue weighted by molar-refractivity contribution is 0.914. The van der Waals surface area contributed by atoms with Gasteiger partial charge in [-0.3, -0.25) is 3.97 Å². The van der Waals surface area contributed by atoms with Crippen molar-refractivity contribution in [1.29, 1.82) is 5.26 Å². The molecule has 0 unspecified atom stereocenters. The quantitative estimate of drug-likeness (QED) is 0.597. The largest absolute Gasteiger partial charge is 0.254 e. The second-order valence-corrected chi connectivity index (χ2v) is 1.93. The van der Waals surface area contributed by atoms with Gasteiger partial charge in [0.05, 0.1) is 0 Å². The zero-order chi connectivity index (χ0) is 6.69. The first-order valence-corrected chi connectivity index (χ1v) is 2.92. The van der Waals surface area contributed by atoms with Crippen molar-refractivity contribution in [3.8, 4) is 6.07 Å². The minimum atomic E-state index is 0.0208. The Balaban J connectivity index is 3.02. The summed E-state index contributed by atoms with van der Waals surface area (Å²) >= 11 is 0.0208. The molecule has 0 saturated heterocycles. The van der Waals surface area contributed by atoms with Gasteiger partial charge in [-0.05, 0) is 12.1 Å². The van der Waals surface area contributed by atoms with E-state index in [-0.39, 0.29) is 12.3 Å². The summed E-state index contributed by atoms with van der Waals surface area (Å²) in [5.74, 6) is 0. The van der Waals surface area contributed by atoms with Crippen molar-refractivity contribution >= 4 is 12.3 Å². The molecule has 0 N–H and O–H groups in total. The first kappa shape index (κ1) is 6.17. The molecule has 1 rings (SSSR count). The van der Waals surface area contributed by atoms with Gasteiger partial charge in [0.25, 0.3) is 0 Å². The van der Waals surface area contributed by atoms with Crippen LogP contribution in [0, 0.1) is 11.3 Å². The molecule has 0 aliphatic heterocycles. The van der Waals surface area contributed by atoms with Gasteiger partial charge >= 0.3 is 0 Å². The zero-order valence-corrected chi connectivity index (χ0v) is 5.23. The van der Waals surface area contributed by atoms with Crippen LogP contribution in [0.1, 0.15) is 5.69 Å². The van der Waals surface area contributed by atoms with Crippen LogP contribution in [-0.2, 0) is 0 Å². The number of halogens is 1. The molecule has 0 aliphatic rings. The Bertz CT molecular complexity index is 237. The van der Waals surface area contributed by atoms with Crippen molar-refractivity contribution in [2.45, 2.75) is 0 Å². The van der Waals surface area contributed by atoms with E-state index in [1.807, 2.05) is 6.07 Å². The van der Waals surface area contributed by atoms with Crippen LogP contribution in [0.2, 0.25) is 0 Å². The molecule has 0 aromatic carbocycles. The van der Waals surface area contributed by atoms with E-state index in [1.165, 1.54) is 6.20 Å². The fourth-order valence-corrected chi connectivity index (χ4v) is 0.805. The lowest BCUT2D eigenvalue weighted by Gasteiger charge is -1.89. The van der Waals surface area contributed by atoms with Crippen molar-refractivity contribution in [3.63, 3.8) is 0 Å². The monoisotopic (exact) mass is 142 g/mol. The van der Waals surface area contributed by atoms with E-state index in [0.29, 0.717) is 5.69 Å². The third-order valence-corrected chi connectivity index (χ3v) is 1.37. The Kier molecular flexibility index (Phi) is 1.75. The summed E-state index contributed by atoms with van der Waals surface area (Å²) in [7, 11) is 0. The van der Waals surface area contributed by atoms with Crippen LogP contribution in [0.25, 0.3) is 0 Å². The first-order valence-electron chi connectivity index (χ1n) is 2.25. The van der Waals surface area contributed by atoms with Crippen LogP contribution < -0.4 is 0 Å². The highest BCUT2D eigenvalue weighted by Gasteiger charge is 1.96. The van der Waals surface area contributed by atoms with E-state index in [2.05, 4.69) is 0 Å². The number of aromatic nitrogens is 1. The average Bonchev–Trinajstić information content (AvgIpc) is 2.33. The molecular formula is C5H3FN2S. The lowest BCUT2D eigenvalue weighted by atomic mass is 10.5. The standard InChI is InChI=1S/C5H3FN2S/c6-9-8-3-1-2-5(8)4-7/h1-3H. The molecule has 9 heavy (non-hydrogen) atoms. The van der Waals surface area contributed by atoms with Gasteiger partial charge in [-0.1, -0.05) is 0 Å². The summed E-state index contributed by atoms with van der Waals surface area (Å²) < 4.78 is 12.9. The molecule has 0 spiro atoms. The number of hydrogen-bond acceptors (Lipinski definition) is 2. The van der Waals surface area contributed by atoms with Crippen LogP contribution in [0.3, 0.4) is 0 Å². The highest BCUT2D eigenvalue weighted by atomic mass is 32.2. The van der Waals surface area contributed by atoms with Gasteiger partial charge in [0.1, 0.15) is 11.8 Å². The normalized spacial score (nSPS) is 8.89. The summed E-state index contributed by atoms with van der Waals surface area (Å²) in [4.78, 5) is 0. The Morgan fingerprint density at radius 1 is 1.78 bits per heavy atom. The van der Waals surface area contributed by atoms with Crippen LogP contribution in [0.4, 0.5) is 3.89 Å². The van der Waals surface area contributed by atoms with E-state index in [9.17, 15) is 3.89 Å². The molecule has 0 saturated carbocycles. The lowest BCUT2D eigenvalue weighted by Crippen LogP contribution is -1.82. The van der Waals surface area contributed by atoms with Crippen molar-refractivity contribution in [2.24, 2.45) is 0 Å². The van der Waals surface area contributed by atoms with E-state index < -0.39 is 0 Å². The fourth-order valence-electron chi connectivity index (χ4n) is 0.513. The Hall–Kier alpha value is -0.950. The van der Waals surface area contributed by atoms with Crippen molar-refractivity contribution in [3.05, 3.63) is 24.0 Å². The molecule has 0 fully saturated rings. The molecule has 4 heteroatoms. The first-order chi connectivity index (χ1) is 4.38. The van der Waals surface area contributed by atoms with E-state index in [0.717, 1.165) is 3.97 Å². The van der Waals surface area contributed by atoms with E-state index >= 15 is 0 Å². The topological polar surface area (TPSA) is 28.7 Å². The molecule has 0 bridgehead atoms. The van der Waals surface area contributed by atoms with Crippen LogP contribution in [0.5, 0.6) is 0 Å². The number of rotatable bonds is 1. The van der Waals surface area contributed by atoms with Gasteiger partial charge in [0.2, 0.25) is 0 Å². The number of hydrogen-bond donors (Lipinski definition) is 0. The van der Waals surface area contributed by atoms with Gasteiger partial charge in [-0.15, -0.1) is 3.89 Å². The fraction of sp³-hybridized carbons (Fsp3) is 0. The smallest absolute Gasteiger partial charge is 0.170 e. The molecule has 0 atom stereocenters. The van der Waals surface area contributed by atoms with Crippen LogP contribution >= 0.6 is 12.3 Å². The van der Waals surface area contributed by atoms with Gasteiger partial charge in [0.15, 0.2) is 12.3 Å².